The minimum absolute atomic E-state index is 0.179. The van der Waals surface area contributed by atoms with Crippen molar-refractivity contribution >= 4 is 44.9 Å². The zero-order valence-electron chi connectivity index (χ0n) is 9.95. The average Bonchev–Trinajstić information content (AvgIpc) is 2.36. The summed E-state index contributed by atoms with van der Waals surface area (Å²) in [5.41, 5.74) is 7.07. The summed E-state index contributed by atoms with van der Waals surface area (Å²) in [5.74, 6) is -0.121. The molecule has 0 atom stereocenters. The summed E-state index contributed by atoms with van der Waals surface area (Å²) in [6, 6.07) is 6.51. The number of nitrogens with two attached hydrogens (primary N) is 1. The lowest BCUT2D eigenvalue weighted by atomic mass is 10.2. The highest BCUT2D eigenvalue weighted by atomic mass is 79.9. The Kier molecular flexibility index (Phi) is 4.01. The summed E-state index contributed by atoms with van der Waals surface area (Å²) < 4.78 is 0.742. The lowest BCUT2D eigenvalue weighted by Gasteiger charge is -2.09. The molecule has 0 unspecified atom stereocenters. The number of rotatable bonds is 2. The number of carbonyl (C=O) groups is 1. The van der Waals surface area contributed by atoms with Crippen LogP contribution in [0.1, 0.15) is 16.1 Å². The Morgan fingerprint density at radius 2 is 2.11 bits per heavy atom. The van der Waals surface area contributed by atoms with Crippen LogP contribution < -0.4 is 11.1 Å². The maximum Gasteiger partial charge on any atom is 0.276 e. The third-order valence-electron chi connectivity index (χ3n) is 2.41. The van der Waals surface area contributed by atoms with E-state index in [2.05, 4.69) is 31.4 Å². The molecule has 7 heteroatoms. The van der Waals surface area contributed by atoms with Crippen LogP contribution in [0, 0.1) is 6.92 Å². The molecule has 2 rings (SSSR count). The van der Waals surface area contributed by atoms with Crippen molar-refractivity contribution in [3.8, 4) is 0 Å². The summed E-state index contributed by atoms with van der Waals surface area (Å²) in [6.45, 7) is 1.88. The molecule has 1 aromatic heterocycles. The Labute approximate surface area is 123 Å². The maximum atomic E-state index is 12.0. The van der Waals surface area contributed by atoms with Gasteiger partial charge in [-0.1, -0.05) is 11.6 Å². The van der Waals surface area contributed by atoms with Crippen molar-refractivity contribution < 1.29 is 4.79 Å². The molecule has 0 spiro atoms. The highest BCUT2D eigenvalue weighted by Crippen LogP contribution is 2.29. The van der Waals surface area contributed by atoms with Crippen LogP contribution in [0.4, 0.5) is 11.5 Å². The SMILES string of the molecule is Cc1cc(Br)c(NC(=O)c2ccc(N)nn2)cc1Cl. The number of aryl methyl sites for hydroxylation is 1. The van der Waals surface area contributed by atoms with Crippen LogP contribution in [0.15, 0.2) is 28.7 Å². The predicted molar refractivity (Wildman–Crippen MR) is 78.3 cm³/mol. The van der Waals surface area contributed by atoms with Crippen LogP contribution >= 0.6 is 27.5 Å². The first-order valence-corrected chi connectivity index (χ1v) is 6.50. The molecule has 0 fully saturated rings. The van der Waals surface area contributed by atoms with Gasteiger partial charge in [0.1, 0.15) is 5.82 Å². The van der Waals surface area contributed by atoms with E-state index in [1.807, 2.05) is 13.0 Å². The standard InChI is InChI=1S/C12H10BrClN4O/c1-6-4-7(13)10(5-8(6)14)16-12(19)9-2-3-11(15)18-17-9/h2-5H,1H3,(H2,15,18)(H,16,19). The summed E-state index contributed by atoms with van der Waals surface area (Å²) >= 11 is 9.38. The molecule has 0 aliphatic heterocycles. The van der Waals surface area contributed by atoms with E-state index in [0.29, 0.717) is 10.7 Å². The topological polar surface area (TPSA) is 80.9 Å². The smallest absolute Gasteiger partial charge is 0.276 e. The highest BCUT2D eigenvalue weighted by Gasteiger charge is 2.11. The van der Waals surface area contributed by atoms with Gasteiger partial charge < -0.3 is 11.1 Å². The van der Waals surface area contributed by atoms with Crippen molar-refractivity contribution in [1.29, 1.82) is 0 Å². The van der Waals surface area contributed by atoms with Gasteiger partial charge in [0.05, 0.1) is 5.69 Å². The van der Waals surface area contributed by atoms with Gasteiger partial charge >= 0.3 is 0 Å². The molecule has 1 aromatic carbocycles. The number of hydrogen-bond donors (Lipinski definition) is 2. The van der Waals surface area contributed by atoms with Crippen molar-refractivity contribution in [3.05, 3.63) is 45.0 Å². The largest absolute Gasteiger partial charge is 0.382 e. The van der Waals surface area contributed by atoms with E-state index in [4.69, 9.17) is 17.3 Å². The Balaban J connectivity index is 2.24. The molecule has 0 aliphatic rings. The number of amides is 1. The molecular formula is C12H10BrClN4O. The van der Waals surface area contributed by atoms with Crippen molar-refractivity contribution in [2.45, 2.75) is 6.92 Å². The second-order valence-corrected chi connectivity index (χ2v) is 5.14. The van der Waals surface area contributed by atoms with Crippen LogP contribution in [0.3, 0.4) is 0 Å². The zero-order chi connectivity index (χ0) is 14.0. The summed E-state index contributed by atoms with van der Waals surface area (Å²) in [6.07, 6.45) is 0. The maximum absolute atomic E-state index is 12.0. The second-order valence-electron chi connectivity index (χ2n) is 3.88. The molecule has 0 saturated heterocycles. The van der Waals surface area contributed by atoms with E-state index in [-0.39, 0.29) is 17.4 Å². The van der Waals surface area contributed by atoms with E-state index in [1.54, 1.807) is 6.07 Å². The van der Waals surface area contributed by atoms with Crippen LogP contribution in [0.25, 0.3) is 0 Å². The third kappa shape index (κ3) is 3.21. The molecule has 19 heavy (non-hydrogen) atoms. The first kappa shape index (κ1) is 13.8. The lowest BCUT2D eigenvalue weighted by molar-refractivity contribution is 0.102. The molecule has 0 saturated carbocycles. The number of nitrogen functional groups attached to an aromatic ring is 1. The van der Waals surface area contributed by atoms with Crippen LogP contribution in [0.5, 0.6) is 0 Å². The fourth-order valence-electron chi connectivity index (χ4n) is 1.39. The first-order chi connectivity index (χ1) is 8.97. The quantitative estimate of drug-likeness (QED) is 0.879. The number of anilines is 2. The Bertz CT molecular complexity index is 630. The van der Waals surface area contributed by atoms with Gasteiger partial charge in [0.15, 0.2) is 5.69 Å². The molecule has 1 amide bonds. The number of nitrogens with zero attached hydrogens (tertiary/aromatic N) is 2. The van der Waals surface area contributed by atoms with Crippen molar-refractivity contribution in [2.24, 2.45) is 0 Å². The van der Waals surface area contributed by atoms with E-state index in [9.17, 15) is 4.79 Å². The Hall–Kier alpha value is -1.66. The van der Waals surface area contributed by atoms with Crippen molar-refractivity contribution in [3.63, 3.8) is 0 Å². The number of nitrogens with one attached hydrogen (secondary N) is 1. The summed E-state index contributed by atoms with van der Waals surface area (Å²) in [7, 11) is 0. The van der Waals surface area contributed by atoms with E-state index in [1.165, 1.54) is 12.1 Å². The number of benzene rings is 1. The van der Waals surface area contributed by atoms with Gasteiger partial charge in [0.2, 0.25) is 0 Å². The Morgan fingerprint density at radius 3 is 2.74 bits per heavy atom. The average molecular weight is 342 g/mol. The molecule has 0 bridgehead atoms. The van der Waals surface area contributed by atoms with Gasteiger partial charge in [-0.15, -0.1) is 10.2 Å². The predicted octanol–water partition coefficient (Wildman–Crippen LogP) is 3.04. The molecule has 3 N–H and O–H groups in total. The van der Waals surface area contributed by atoms with Crippen LogP contribution in [-0.2, 0) is 0 Å². The monoisotopic (exact) mass is 340 g/mol. The molecular weight excluding hydrogens is 332 g/mol. The molecule has 2 aromatic rings. The van der Waals surface area contributed by atoms with Gasteiger partial charge in [0.25, 0.3) is 5.91 Å². The van der Waals surface area contributed by atoms with Gasteiger partial charge in [-0.2, -0.15) is 0 Å². The highest BCUT2D eigenvalue weighted by molar-refractivity contribution is 9.10. The first-order valence-electron chi connectivity index (χ1n) is 5.33. The van der Waals surface area contributed by atoms with Crippen molar-refractivity contribution in [2.75, 3.05) is 11.1 Å². The van der Waals surface area contributed by atoms with Gasteiger partial charge in [-0.05, 0) is 52.7 Å². The third-order valence-corrected chi connectivity index (χ3v) is 3.48. The molecule has 0 radical (unpaired) electrons. The van der Waals surface area contributed by atoms with Crippen LogP contribution in [0.2, 0.25) is 5.02 Å². The molecule has 1 heterocycles. The lowest BCUT2D eigenvalue weighted by Crippen LogP contribution is -2.15. The van der Waals surface area contributed by atoms with Crippen LogP contribution in [-0.4, -0.2) is 16.1 Å². The summed E-state index contributed by atoms with van der Waals surface area (Å²) in [5, 5.41) is 10.6. The minimum Gasteiger partial charge on any atom is -0.382 e. The van der Waals surface area contributed by atoms with Gasteiger partial charge in [0, 0.05) is 9.50 Å². The number of aromatic nitrogens is 2. The molecule has 0 aliphatic carbocycles. The summed E-state index contributed by atoms with van der Waals surface area (Å²) in [4.78, 5) is 12.0. The minimum atomic E-state index is -0.381. The number of hydrogen-bond acceptors (Lipinski definition) is 4. The zero-order valence-corrected chi connectivity index (χ0v) is 12.3. The van der Waals surface area contributed by atoms with E-state index < -0.39 is 0 Å². The van der Waals surface area contributed by atoms with Gasteiger partial charge in [-0.25, -0.2) is 0 Å². The molecule has 98 valence electrons. The fraction of sp³-hybridized carbons (Fsp3) is 0.0833. The van der Waals surface area contributed by atoms with Gasteiger partial charge in [-0.3, -0.25) is 4.79 Å². The fourth-order valence-corrected chi connectivity index (χ4v) is 2.11. The van der Waals surface area contributed by atoms with E-state index >= 15 is 0 Å². The van der Waals surface area contributed by atoms with Crippen molar-refractivity contribution in [1.82, 2.24) is 10.2 Å². The molecule has 5 nitrogen and oxygen atoms in total. The second kappa shape index (κ2) is 5.54. The number of halogens is 2. The number of carbonyl (C=O) groups excluding carboxylic acids is 1. The normalized spacial score (nSPS) is 10.3. The Morgan fingerprint density at radius 1 is 1.37 bits per heavy atom. The van der Waals surface area contributed by atoms with E-state index in [0.717, 1.165) is 10.0 Å².